The monoisotopic (exact) mass is 467 g/mol. The lowest BCUT2D eigenvalue weighted by atomic mass is 10.2. The van der Waals surface area contributed by atoms with E-state index in [-0.39, 0.29) is 16.3 Å². The Morgan fingerprint density at radius 2 is 1.76 bits per heavy atom. The maximum atomic E-state index is 13.3. The van der Waals surface area contributed by atoms with Crippen molar-refractivity contribution in [1.29, 1.82) is 0 Å². The lowest BCUT2D eigenvalue weighted by Crippen LogP contribution is -2.38. The second-order valence-electron chi connectivity index (χ2n) is 6.77. The molecule has 0 atom stereocenters. The Morgan fingerprint density at radius 3 is 2.39 bits per heavy atom. The number of nitrogens with one attached hydrogen (secondary N) is 1. The number of anilines is 2. The minimum atomic E-state index is -4.13. The highest BCUT2D eigenvalue weighted by molar-refractivity contribution is 7.92. The van der Waals surface area contributed by atoms with Crippen molar-refractivity contribution < 1.29 is 22.9 Å². The number of non-ortho nitro benzene ring substituents is 1. The predicted molar refractivity (Wildman–Crippen MR) is 125 cm³/mol. The average molecular weight is 468 g/mol. The summed E-state index contributed by atoms with van der Waals surface area (Å²) in [6, 6.07) is 19.2. The number of nitro benzene ring substituents is 1. The Balaban J connectivity index is 1.89. The molecule has 0 aliphatic carbocycles. The maximum Gasteiger partial charge on any atom is 0.269 e. The van der Waals surface area contributed by atoms with Crippen molar-refractivity contribution in [3.05, 3.63) is 102 Å². The second kappa shape index (κ2) is 10.4. The van der Waals surface area contributed by atoms with Gasteiger partial charge in [0.2, 0.25) is 5.91 Å². The molecule has 0 aliphatic heterocycles. The number of nitrogens with zero attached hydrogens (tertiary/aromatic N) is 2. The van der Waals surface area contributed by atoms with Crippen LogP contribution in [0.5, 0.6) is 5.75 Å². The molecule has 3 aromatic carbocycles. The van der Waals surface area contributed by atoms with Gasteiger partial charge in [0.1, 0.15) is 18.9 Å². The standard InChI is InChI=1S/C23H21N3O6S/c1-2-15-32-21-8-6-7-18(16-21)24-23(27)17-25(19-11-13-20(14-12-19)26(28)29)33(30,31)22-9-4-3-5-10-22/h2-14,16H,1,15,17H2,(H,24,27). The van der Waals surface area contributed by atoms with E-state index in [0.29, 0.717) is 18.0 Å². The van der Waals surface area contributed by atoms with Gasteiger partial charge in [-0.05, 0) is 36.4 Å². The Labute approximate surface area is 191 Å². The summed E-state index contributed by atoms with van der Waals surface area (Å²) in [5.74, 6) is -0.0921. The first kappa shape index (κ1) is 23.5. The van der Waals surface area contributed by atoms with Crippen molar-refractivity contribution in [2.75, 3.05) is 22.8 Å². The summed E-state index contributed by atoms with van der Waals surface area (Å²) in [5, 5.41) is 13.6. The van der Waals surface area contributed by atoms with Crippen LogP contribution in [0.25, 0.3) is 0 Å². The van der Waals surface area contributed by atoms with Gasteiger partial charge in [0.05, 0.1) is 15.5 Å². The van der Waals surface area contributed by atoms with Crippen LogP contribution in [0, 0.1) is 10.1 Å². The fraction of sp³-hybridized carbons (Fsp3) is 0.0870. The summed E-state index contributed by atoms with van der Waals surface area (Å²) >= 11 is 0. The van der Waals surface area contributed by atoms with E-state index < -0.39 is 27.4 Å². The minimum Gasteiger partial charge on any atom is -0.489 e. The van der Waals surface area contributed by atoms with Gasteiger partial charge in [-0.1, -0.05) is 36.9 Å². The number of hydrogen-bond acceptors (Lipinski definition) is 6. The number of hydrogen-bond donors (Lipinski definition) is 1. The third kappa shape index (κ3) is 5.95. The van der Waals surface area contributed by atoms with Crippen LogP contribution >= 0.6 is 0 Å². The molecular weight excluding hydrogens is 446 g/mol. The molecule has 0 fully saturated rings. The molecule has 0 saturated carbocycles. The molecule has 3 rings (SSSR count). The summed E-state index contributed by atoms with van der Waals surface area (Å²) in [7, 11) is -4.13. The van der Waals surface area contributed by atoms with Crippen LogP contribution in [0.15, 0.2) is 96.4 Å². The van der Waals surface area contributed by atoms with Crippen LogP contribution in [0.2, 0.25) is 0 Å². The molecule has 1 N–H and O–H groups in total. The van der Waals surface area contributed by atoms with E-state index in [1.54, 1.807) is 48.5 Å². The second-order valence-corrected chi connectivity index (χ2v) is 8.64. The lowest BCUT2D eigenvalue weighted by molar-refractivity contribution is -0.384. The summed E-state index contributed by atoms with van der Waals surface area (Å²) < 4.78 is 32.9. The molecule has 3 aromatic rings. The van der Waals surface area contributed by atoms with Gasteiger partial charge in [-0.15, -0.1) is 0 Å². The van der Waals surface area contributed by atoms with Gasteiger partial charge in [-0.3, -0.25) is 19.2 Å². The molecule has 0 aromatic heterocycles. The highest BCUT2D eigenvalue weighted by atomic mass is 32.2. The van der Waals surface area contributed by atoms with Crippen molar-refractivity contribution in [3.8, 4) is 5.75 Å². The molecule has 0 aliphatic rings. The van der Waals surface area contributed by atoms with Crippen LogP contribution in [0.3, 0.4) is 0 Å². The van der Waals surface area contributed by atoms with E-state index in [9.17, 15) is 23.3 Å². The molecular formula is C23H21N3O6S. The van der Waals surface area contributed by atoms with Crippen molar-refractivity contribution >= 4 is 33.0 Å². The topological polar surface area (TPSA) is 119 Å². The summed E-state index contributed by atoms with van der Waals surface area (Å²) in [6.07, 6.45) is 1.59. The number of carbonyl (C=O) groups excluding carboxylic acids is 1. The van der Waals surface area contributed by atoms with E-state index >= 15 is 0 Å². The normalized spacial score (nSPS) is 10.8. The van der Waals surface area contributed by atoms with Gasteiger partial charge in [0.25, 0.3) is 15.7 Å². The number of ether oxygens (including phenoxy) is 1. The zero-order valence-electron chi connectivity index (χ0n) is 17.5. The summed E-state index contributed by atoms with van der Waals surface area (Å²) in [6.45, 7) is 3.32. The SMILES string of the molecule is C=CCOc1cccc(NC(=O)CN(c2ccc([N+](=O)[O-])cc2)S(=O)(=O)c2ccccc2)c1. The van der Waals surface area contributed by atoms with Crippen LogP contribution in [0.4, 0.5) is 17.1 Å². The zero-order chi connectivity index (χ0) is 23.8. The molecule has 0 saturated heterocycles. The first-order valence-corrected chi connectivity index (χ1v) is 11.2. The number of benzene rings is 3. The number of carbonyl (C=O) groups is 1. The Bertz CT molecular complexity index is 1240. The molecule has 0 radical (unpaired) electrons. The van der Waals surface area contributed by atoms with Gasteiger partial charge in [-0.25, -0.2) is 8.42 Å². The van der Waals surface area contributed by atoms with Gasteiger partial charge >= 0.3 is 0 Å². The fourth-order valence-corrected chi connectivity index (χ4v) is 4.37. The quantitative estimate of drug-likeness (QED) is 0.274. The smallest absolute Gasteiger partial charge is 0.269 e. The van der Waals surface area contributed by atoms with Crippen LogP contribution in [-0.4, -0.2) is 32.4 Å². The molecule has 1 amide bonds. The predicted octanol–water partition coefficient (Wildman–Crippen LogP) is 3.99. The van der Waals surface area contributed by atoms with E-state index in [2.05, 4.69) is 11.9 Å². The number of sulfonamides is 1. The van der Waals surface area contributed by atoms with Crippen molar-refractivity contribution in [3.63, 3.8) is 0 Å². The Kier molecular flexibility index (Phi) is 7.42. The number of nitro groups is 1. The minimum absolute atomic E-state index is 0.0176. The molecule has 0 heterocycles. The molecule has 10 heteroatoms. The van der Waals surface area contributed by atoms with E-state index in [0.717, 1.165) is 4.31 Å². The lowest BCUT2D eigenvalue weighted by Gasteiger charge is -2.24. The third-order valence-electron chi connectivity index (χ3n) is 4.45. The molecule has 33 heavy (non-hydrogen) atoms. The largest absolute Gasteiger partial charge is 0.489 e. The Hall–Kier alpha value is -4.18. The van der Waals surface area contributed by atoms with Gasteiger partial charge < -0.3 is 10.1 Å². The first-order valence-electron chi connectivity index (χ1n) is 9.77. The summed E-state index contributed by atoms with van der Waals surface area (Å²) in [4.78, 5) is 23.2. The zero-order valence-corrected chi connectivity index (χ0v) is 18.3. The average Bonchev–Trinajstić information content (AvgIpc) is 2.82. The summed E-state index contributed by atoms with van der Waals surface area (Å²) in [5.41, 5.74) is 0.335. The Morgan fingerprint density at radius 1 is 1.06 bits per heavy atom. The van der Waals surface area contributed by atoms with Gasteiger partial charge in [0, 0.05) is 23.9 Å². The van der Waals surface area contributed by atoms with E-state index in [1.165, 1.54) is 36.4 Å². The first-order chi connectivity index (χ1) is 15.8. The molecule has 170 valence electrons. The van der Waals surface area contributed by atoms with Crippen LogP contribution in [0.1, 0.15) is 0 Å². The van der Waals surface area contributed by atoms with Gasteiger partial charge in [-0.2, -0.15) is 0 Å². The highest BCUT2D eigenvalue weighted by Crippen LogP contribution is 2.26. The third-order valence-corrected chi connectivity index (χ3v) is 6.24. The van der Waals surface area contributed by atoms with Gasteiger partial charge in [0.15, 0.2) is 0 Å². The van der Waals surface area contributed by atoms with E-state index in [4.69, 9.17) is 4.74 Å². The van der Waals surface area contributed by atoms with Crippen molar-refractivity contribution in [2.24, 2.45) is 0 Å². The van der Waals surface area contributed by atoms with Crippen LogP contribution in [-0.2, 0) is 14.8 Å². The molecule has 9 nitrogen and oxygen atoms in total. The fourth-order valence-electron chi connectivity index (χ4n) is 2.93. The molecule has 0 spiro atoms. The van der Waals surface area contributed by atoms with Crippen LogP contribution < -0.4 is 14.4 Å². The van der Waals surface area contributed by atoms with Crippen molar-refractivity contribution in [2.45, 2.75) is 4.90 Å². The number of rotatable bonds is 10. The molecule has 0 unspecified atom stereocenters. The maximum absolute atomic E-state index is 13.3. The highest BCUT2D eigenvalue weighted by Gasteiger charge is 2.27. The van der Waals surface area contributed by atoms with E-state index in [1.807, 2.05) is 0 Å². The molecule has 0 bridgehead atoms. The number of amides is 1. The van der Waals surface area contributed by atoms with Crippen molar-refractivity contribution in [1.82, 2.24) is 0 Å².